The minimum atomic E-state index is -0.141. The number of rotatable bonds is 3. The number of aryl methyl sites for hydroxylation is 1. The first-order chi connectivity index (χ1) is 6.65. The van der Waals surface area contributed by atoms with E-state index in [9.17, 15) is 4.79 Å². The summed E-state index contributed by atoms with van der Waals surface area (Å²) in [6, 6.07) is 2.07. The Hall–Kier alpha value is -1.34. The fourth-order valence-corrected chi connectivity index (χ4v) is 1.81. The Kier molecular flexibility index (Phi) is 3.66. The van der Waals surface area contributed by atoms with Gasteiger partial charge in [-0.3, -0.25) is 4.79 Å². The number of thiophene rings is 1. The van der Waals surface area contributed by atoms with Gasteiger partial charge in [-0.05, 0) is 24.8 Å². The molecule has 0 aliphatic heterocycles. The van der Waals surface area contributed by atoms with Crippen molar-refractivity contribution in [2.45, 2.75) is 13.8 Å². The van der Waals surface area contributed by atoms with Crippen molar-refractivity contribution in [2.24, 2.45) is 5.92 Å². The van der Waals surface area contributed by atoms with Gasteiger partial charge in [-0.2, -0.15) is 16.6 Å². The van der Waals surface area contributed by atoms with Gasteiger partial charge in [-0.15, -0.1) is 0 Å². The SMILES string of the molecule is Cc1cscc1C(=O)NCC(C)C#N. The molecule has 4 heteroatoms. The molecule has 0 spiro atoms. The highest BCUT2D eigenvalue weighted by atomic mass is 32.1. The van der Waals surface area contributed by atoms with Crippen LogP contribution in [0.1, 0.15) is 22.8 Å². The van der Waals surface area contributed by atoms with Crippen molar-refractivity contribution in [1.82, 2.24) is 5.32 Å². The summed E-state index contributed by atoms with van der Waals surface area (Å²) in [6.45, 7) is 4.09. The van der Waals surface area contributed by atoms with E-state index in [-0.39, 0.29) is 11.8 Å². The highest BCUT2D eigenvalue weighted by Gasteiger charge is 2.10. The van der Waals surface area contributed by atoms with E-state index in [1.165, 1.54) is 11.3 Å². The molecule has 0 aliphatic rings. The molecular formula is C10H12N2OS. The number of hydrogen-bond donors (Lipinski definition) is 1. The summed E-state index contributed by atoms with van der Waals surface area (Å²) in [7, 11) is 0. The van der Waals surface area contributed by atoms with Crippen LogP contribution in [0.5, 0.6) is 0 Å². The van der Waals surface area contributed by atoms with E-state index >= 15 is 0 Å². The maximum absolute atomic E-state index is 11.5. The van der Waals surface area contributed by atoms with E-state index < -0.39 is 0 Å². The number of carbonyl (C=O) groups is 1. The van der Waals surface area contributed by atoms with Gasteiger partial charge in [0.15, 0.2) is 0 Å². The van der Waals surface area contributed by atoms with E-state index in [1.54, 1.807) is 6.92 Å². The normalized spacial score (nSPS) is 11.8. The van der Waals surface area contributed by atoms with Gasteiger partial charge in [-0.25, -0.2) is 0 Å². The van der Waals surface area contributed by atoms with Gasteiger partial charge in [0.2, 0.25) is 0 Å². The van der Waals surface area contributed by atoms with Crippen LogP contribution in [0.25, 0.3) is 0 Å². The Balaban J connectivity index is 2.53. The van der Waals surface area contributed by atoms with Crippen LogP contribution in [-0.2, 0) is 0 Å². The molecule has 0 aliphatic carbocycles. The lowest BCUT2D eigenvalue weighted by Crippen LogP contribution is -2.27. The van der Waals surface area contributed by atoms with Crippen molar-refractivity contribution >= 4 is 17.2 Å². The molecule has 3 nitrogen and oxygen atoms in total. The largest absolute Gasteiger partial charge is 0.351 e. The first-order valence-corrected chi connectivity index (χ1v) is 5.30. The molecule has 1 aromatic heterocycles. The number of amides is 1. The first-order valence-electron chi connectivity index (χ1n) is 4.35. The van der Waals surface area contributed by atoms with Gasteiger partial charge in [0.25, 0.3) is 5.91 Å². The molecule has 1 atom stereocenters. The van der Waals surface area contributed by atoms with Gasteiger partial charge >= 0.3 is 0 Å². The summed E-state index contributed by atoms with van der Waals surface area (Å²) in [5, 5.41) is 15.0. The van der Waals surface area contributed by atoms with Gasteiger partial charge in [-0.1, -0.05) is 0 Å². The predicted molar refractivity (Wildman–Crippen MR) is 56.2 cm³/mol. The zero-order valence-electron chi connectivity index (χ0n) is 8.20. The minimum absolute atomic E-state index is 0.0918. The molecule has 74 valence electrons. The maximum atomic E-state index is 11.5. The molecule has 1 unspecified atom stereocenters. The van der Waals surface area contributed by atoms with Crippen molar-refractivity contribution in [2.75, 3.05) is 6.54 Å². The molecule has 1 amide bonds. The second-order valence-corrected chi connectivity index (χ2v) is 3.95. The van der Waals surface area contributed by atoms with Crippen molar-refractivity contribution in [3.8, 4) is 6.07 Å². The molecule has 1 heterocycles. The molecule has 0 aromatic carbocycles. The second-order valence-electron chi connectivity index (χ2n) is 3.21. The molecule has 1 rings (SSSR count). The standard InChI is InChI=1S/C10H12N2OS/c1-7(3-11)4-12-10(13)9-6-14-5-8(9)2/h5-7H,4H2,1-2H3,(H,12,13). The molecule has 1 N–H and O–H groups in total. The van der Waals surface area contributed by atoms with Gasteiger partial charge in [0, 0.05) is 11.9 Å². The minimum Gasteiger partial charge on any atom is -0.351 e. The Morgan fingerprint density at radius 1 is 1.71 bits per heavy atom. The van der Waals surface area contributed by atoms with Crippen LogP contribution in [0, 0.1) is 24.2 Å². The highest BCUT2D eigenvalue weighted by Crippen LogP contribution is 2.13. The zero-order valence-corrected chi connectivity index (χ0v) is 9.02. The third kappa shape index (κ3) is 2.57. The van der Waals surface area contributed by atoms with Crippen molar-refractivity contribution < 1.29 is 4.79 Å². The van der Waals surface area contributed by atoms with Crippen LogP contribution in [0.2, 0.25) is 0 Å². The van der Waals surface area contributed by atoms with E-state index in [1.807, 2.05) is 17.7 Å². The molecule has 1 aromatic rings. The average Bonchev–Trinajstić information content (AvgIpc) is 2.60. The lowest BCUT2D eigenvalue weighted by Gasteiger charge is -2.05. The first kappa shape index (κ1) is 10.7. The molecule has 0 bridgehead atoms. The fourth-order valence-electron chi connectivity index (χ4n) is 0.980. The number of nitrogens with zero attached hydrogens (tertiary/aromatic N) is 1. The molecule has 14 heavy (non-hydrogen) atoms. The highest BCUT2D eigenvalue weighted by molar-refractivity contribution is 7.08. The lowest BCUT2D eigenvalue weighted by atomic mass is 10.2. The third-order valence-electron chi connectivity index (χ3n) is 1.89. The topological polar surface area (TPSA) is 52.9 Å². The number of nitriles is 1. The summed E-state index contributed by atoms with van der Waals surface area (Å²) >= 11 is 1.51. The molecular weight excluding hydrogens is 196 g/mol. The summed E-state index contributed by atoms with van der Waals surface area (Å²) in [5.74, 6) is -0.233. The quantitative estimate of drug-likeness (QED) is 0.825. The average molecular weight is 208 g/mol. The Morgan fingerprint density at radius 2 is 2.43 bits per heavy atom. The van der Waals surface area contributed by atoms with E-state index in [0.717, 1.165) is 5.56 Å². The number of hydrogen-bond acceptors (Lipinski definition) is 3. The van der Waals surface area contributed by atoms with Crippen LogP contribution < -0.4 is 5.32 Å². The summed E-state index contributed by atoms with van der Waals surface area (Å²) in [6.07, 6.45) is 0. The van der Waals surface area contributed by atoms with Gasteiger partial charge in [0.1, 0.15) is 0 Å². The lowest BCUT2D eigenvalue weighted by molar-refractivity contribution is 0.0950. The fraction of sp³-hybridized carbons (Fsp3) is 0.400. The Bertz CT molecular complexity index is 364. The Labute approximate surface area is 87.4 Å². The van der Waals surface area contributed by atoms with Crippen molar-refractivity contribution in [1.29, 1.82) is 5.26 Å². The maximum Gasteiger partial charge on any atom is 0.252 e. The van der Waals surface area contributed by atoms with Crippen LogP contribution in [0.15, 0.2) is 10.8 Å². The van der Waals surface area contributed by atoms with Crippen LogP contribution in [-0.4, -0.2) is 12.5 Å². The monoisotopic (exact) mass is 208 g/mol. The molecule has 0 saturated carbocycles. The summed E-state index contributed by atoms with van der Waals surface area (Å²) < 4.78 is 0. The van der Waals surface area contributed by atoms with Crippen LogP contribution >= 0.6 is 11.3 Å². The second kappa shape index (κ2) is 4.77. The zero-order chi connectivity index (χ0) is 10.6. The van der Waals surface area contributed by atoms with E-state index in [2.05, 4.69) is 11.4 Å². The number of nitrogens with one attached hydrogen (secondary N) is 1. The summed E-state index contributed by atoms with van der Waals surface area (Å²) in [5.41, 5.74) is 1.69. The molecule has 0 radical (unpaired) electrons. The molecule has 0 saturated heterocycles. The molecule has 0 fully saturated rings. The van der Waals surface area contributed by atoms with E-state index in [4.69, 9.17) is 5.26 Å². The summed E-state index contributed by atoms with van der Waals surface area (Å²) in [4.78, 5) is 11.5. The van der Waals surface area contributed by atoms with E-state index in [0.29, 0.717) is 12.1 Å². The smallest absolute Gasteiger partial charge is 0.252 e. The van der Waals surface area contributed by atoms with Crippen LogP contribution in [0.4, 0.5) is 0 Å². The van der Waals surface area contributed by atoms with Gasteiger partial charge < -0.3 is 5.32 Å². The Morgan fingerprint density at radius 3 is 2.93 bits per heavy atom. The van der Waals surface area contributed by atoms with Crippen molar-refractivity contribution in [3.63, 3.8) is 0 Å². The van der Waals surface area contributed by atoms with Gasteiger partial charge in [0.05, 0.1) is 17.6 Å². The third-order valence-corrected chi connectivity index (χ3v) is 2.75. The number of carbonyl (C=O) groups excluding carboxylic acids is 1. The van der Waals surface area contributed by atoms with Crippen LogP contribution in [0.3, 0.4) is 0 Å². The van der Waals surface area contributed by atoms with Crippen molar-refractivity contribution in [3.05, 3.63) is 21.9 Å². The predicted octanol–water partition coefficient (Wildman–Crippen LogP) is 1.95.